The van der Waals surface area contributed by atoms with E-state index in [1.165, 1.54) is 22.5 Å². The summed E-state index contributed by atoms with van der Waals surface area (Å²) >= 11 is 0. The summed E-state index contributed by atoms with van der Waals surface area (Å²) in [5.41, 5.74) is 6.22. The Labute approximate surface area is 305 Å². The minimum Gasteiger partial charge on any atom is -0.400 e. The van der Waals surface area contributed by atoms with Gasteiger partial charge < -0.3 is 4.43 Å². The predicted octanol–water partition coefficient (Wildman–Crippen LogP) is 10.5. The topological polar surface area (TPSA) is 48.4 Å². The molecule has 2 atom stereocenters. The molecule has 0 aliphatic heterocycles. The van der Waals surface area contributed by atoms with Gasteiger partial charge in [-0.2, -0.15) is 0 Å². The summed E-state index contributed by atoms with van der Waals surface area (Å²) in [5.74, 6) is 6.25. The molecule has 262 valence electrons. The lowest BCUT2D eigenvalue weighted by Gasteiger charge is -2.44. The maximum atomic E-state index is 14.0. The van der Waals surface area contributed by atoms with Gasteiger partial charge in [0.2, 0.25) is 6.16 Å². The molecule has 4 nitrogen and oxygen atoms in total. The van der Waals surface area contributed by atoms with Crippen molar-refractivity contribution in [3.8, 4) is 34.2 Å². The van der Waals surface area contributed by atoms with Crippen molar-refractivity contribution in [3.63, 3.8) is 0 Å². The molecule has 1 heterocycles. The second-order valence-electron chi connectivity index (χ2n) is 14.2. The Morgan fingerprint density at radius 2 is 1.37 bits per heavy atom. The van der Waals surface area contributed by atoms with Crippen molar-refractivity contribution in [2.24, 2.45) is 0 Å². The summed E-state index contributed by atoms with van der Waals surface area (Å²) < 4.78 is 40.7. The molecule has 0 aliphatic carbocycles. The first-order valence-corrected chi connectivity index (χ1v) is 20.9. The van der Waals surface area contributed by atoms with Gasteiger partial charge in [0.25, 0.3) is 8.32 Å². The van der Waals surface area contributed by atoms with Gasteiger partial charge >= 0.3 is 8.03 Å². The van der Waals surface area contributed by atoms with E-state index in [-0.39, 0.29) is 35.6 Å². The standard InChI is InChI=1S/C44H48FNO3PSi/c1-8-37(49-51(44(5,6)7,38-21-14-10-15-22-38)39-23-16-11-17-24-39)31-50(47)48-30-18-25-40-41(34-26-28-36(45)29-27-34)33(4)43(46-42(40)32(2)3)35-19-12-9-13-20-35/h9-17,19-24,26-29,32,37H,8,30-31H2,1-7H3/q+1. The lowest BCUT2D eigenvalue weighted by atomic mass is 9.88. The molecule has 0 bridgehead atoms. The molecule has 4 aromatic carbocycles. The normalized spacial score (nSPS) is 12.7. The molecule has 0 aliphatic rings. The first-order valence-electron chi connectivity index (χ1n) is 17.7. The summed E-state index contributed by atoms with van der Waals surface area (Å²) in [4.78, 5) is 5.13. The van der Waals surface area contributed by atoms with E-state index >= 15 is 0 Å². The largest absolute Gasteiger partial charge is 0.511 e. The van der Waals surface area contributed by atoms with E-state index in [2.05, 4.69) is 102 Å². The van der Waals surface area contributed by atoms with Gasteiger partial charge in [0, 0.05) is 11.1 Å². The van der Waals surface area contributed by atoms with E-state index in [0.717, 1.165) is 39.2 Å². The Kier molecular flexibility index (Phi) is 12.6. The SMILES string of the molecule is CCC(C[P+](=O)OCC#Cc1c(C(C)C)nc(-c2ccccc2)c(C)c1-c1ccc(F)cc1)O[Si](c1ccccc1)(c1ccccc1)C(C)(C)C. The second kappa shape index (κ2) is 16.8. The maximum absolute atomic E-state index is 14.0. The molecule has 0 radical (unpaired) electrons. The molecule has 7 heteroatoms. The second-order valence-corrected chi connectivity index (χ2v) is 19.7. The zero-order valence-corrected chi connectivity index (χ0v) is 32.6. The third-order valence-corrected chi connectivity index (χ3v) is 15.5. The number of halogens is 1. The summed E-state index contributed by atoms with van der Waals surface area (Å²) in [5, 5.41) is 2.17. The van der Waals surface area contributed by atoms with Crippen LogP contribution >= 0.6 is 8.03 Å². The summed E-state index contributed by atoms with van der Waals surface area (Å²) in [6.45, 7) is 15.0. The highest BCUT2D eigenvalue weighted by Crippen LogP contribution is 2.40. The fraction of sp³-hybridized carbons (Fsp3) is 0.295. The van der Waals surface area contributed by atoms with Crippen molar-refractivity contribution < 1.29 is 17.9 Å². The molecule has 5 aromatic rings. The van der Waals surface area contributed by atoms with Gasteiger partial charge in [-0.1, -0.05) is 157 Å². The number of pyridine rings is 1. The zero-order chi connectivity index (χ0) is 36.6. The third kappa shape index (κ3) is 8.63. The number of aromatic nitrogens is 1. The van der Waals surface area contributed by atoms with Crippen LogP contribution in [0.2, 0.25) is 5.04 Å². The minimum absolute atomic E-state index is 0.00920. The fourth-order valence-electron chi connectivity index (χ4n) is 6.73. The van der Waals surface area contributed by atoms with Crippen molar-refractivity contribution in [3.05, 3.63) is 138 Å². The molecule has 0 spiro atoms. The molecule has 51 heavy (non-hydrogen) atoms. The van der Waals surface area contributed by atoms with Crippen molar-refractivity contribution in [1.29, 1.82) is 0 Å². The molecule has 2 unspecified atom stereocenters. The van der Waals surface area contributed by atoms with Crippen LogP contribution < -0.4 is 10.4 Å². The monoisotopic (exact) mass is 716 g/mol. The Morgan fingerprint density at radius 3 is 1.88 bits per heavy atom. The molecule has 0 saturated carbocycles. The van der Waals surface area contributed by atoms with Crippen LogP contribution in [-0.4, -0.2) is 32.2 Å². The first-order chi connectivity index (χ1) is 24.5. The molecule has 0 fully saturated rings. The highest BCUT2D eigenvalue weighted by Gasteiger charge is 2.52. The summed E-state index contributed by atoms with van der Waals surface area (Å²) in [6, 6.07) is 37.6. The van der Waals surface area contributed by atoms with Gasteiger partial charge in [-0.25, -0.2) is 4.39 Å². The Bertz CT molecular complexity index is 1940. The van der Waals surface area contributed by atoms with Crippen LogP contribution in [0.1, 0.15) is 70.7 Å². The van der Waals surface area contributed by atoms with Crippen molar-refractivity contribution >= 4 is 26.7 Å². The van der Waals surface area contributed by atoms with Gasteiger partial charge in [-0.15, -0.1) is 4.52 Å². The van der Waals surface area contributed by atoms with E-state index < -0.39 is 16.3 Å². The molecule has 0 saturated heterocycles. The molecular weight excluding hydrogens is 669 g/mol. The van der Waals surface area contributed by atoms with Crippen molar-refractivity contribution in [1.82, 2.24) is 4.98 Å². The van der Waals surface area contributed by atoms with Gasteiger partial charge in [0.1, 0.15) is 5.82 Å². The van der Waals surface area contributed by atoms with Crippen LogP contribution in [0.3, 0.4) is 0 Å². The Balaban J connectivity index is 1.42. The quantitative estimate of drug-likeness (QED) is 0.0733. The lowest BCUT2D eigenvalue weighted by Crippen LogP contribution is -2.67. The number of nitrogens with zero attached hydrogens (tertiary/aromatic N) is 1. The van der Waals surface area contributed by atoms with E-state index in [9.17, 15) is 8.96 Å². The maximum Gasteiger partial charge on any atom is 0.511 e. The highest BCUT2D eigenvalue weighted by molar-refractivity contribution is 7.39. The van der Waals surface area contributed by atoms with Gasteiger partial charge in [-0.05, 0) is 62.5 Å². The van der Waals surface area contributed by atoms with Crippen LogP contribution in [0, 0.1) is 24.6 Å². The first kappa shape index (κ1) is 38.0. The number of benzene rings is 4. The molecule has 1 aromatic heterocycles. The van der Waals surface area contributed by atoms with Crippen molar-refractivity contribution in [2.45, 2.75) is 71.9 Å². The van der Waals surface area contributed by atoms with E-state index in [1.54, 1.807) is 12.1 Å². The number of hydrogen-bond donors (Lipinski definition) is 0. The number of rotatable bonds is 12. The van der Waals surface area contributed by atoms with Crippen LogP contribution in [0.15, 0.2) is 115 Å². The summed E-state index contributed by atoms with van der Waals surface area (Å²) in [6.07, 6.45) is 0.684. The summed E-state index contributed by atoms with van der Waals surface area (Å²) in [7, 11) is -4.88. The highest BCUT2D eigenvalue weighted by atomic mass is 31.1. The average Bonchev–Trinajstić information content (AvgIpc) is 3.13. The molecule has 5 rings (SSSR count). The van der Waals surface area contributed by atoms with E-state index in [0.29, 0.717) is 6.42 Å². The molecule has 0 N–H and O–H groups in total. The predicted molar refractivity (Wildman–Crippen MR) is 212 cm³/mol. The van der Waals surface area contributed by atoms with Gasteiger partial charge in [0.05, 0.1) is 23.1 Å². The smallest absolute Gasteiger partial charge is 0.400 e. The van der Waals surface area contributed by atoms with Crippen molar-refractivity contribution in [2.75, 3.05) is 12.8 Å². The van der Waals surface area contributed by atoms with E-state index in [4.69, 9.17) is 13.9 Å². The number of hydrogen-bond acceptors (Lipinski definition) is 4. The Hall–Kier alpha value is -4.24. The fourth-order valence-corrected chi connectivity index (χ4v) is 12.6. The van der Waals surface area contributed by atoms with Crippen LogP contribution in [-0.2, 0) is 13.5 Å². The minimum atomic E-state index is -2.82. The zero-order valence-electron chi connectivity index (χ0n) is 30.7. The van der Waals surface area contributed by atoms with Gasteiger partial charge in [-0.3, -0.25) is 4.98 Å². The van der Waals surface area contributed by atoms with Gasteiger partial charge in [0.15, 0.2) is 6.61 Å². The third-order valence-electron chi connectivity index (χ3n) is 9.26. The van der Waals surface area contributed by atoms with Crippen LogP contribution in [0.5, 0.6) is 0 Å². The molecular formula is C44H48FNO3PSi+. The lowest BCUT2D eigenvalue weighted by molar-refractivity contribution is 0.200. The molecule has 0 amide bonds. The van der Waals surface area contributed by atoms with Crippen LogP contribution in [0.4, 0.5) is 4.39 Å². The Morgan fingerprint density at radius 1 is 0.824 bits per heavy atom. The van der Waals surface area contributed by atoms with Crippen LogP contribution in [0.25, 0.3) is 22.4 Å². The average molecular weight is 717 g/mol. The van der Waals surface area contributed by atoms with E-state index in [1.807, 2.05) is 49.4 Å².